The van der Waals surface area contributed by atoms with Crippen LogP contribution in [0, 0.1) is 12.8 Å². The standard InChI is InChI=1S/C15H19NO4S/c1-11-2-3-13(6-7-15(17)18)10-14(11)21(19,20)16-9-8-12-4-5-12/h2-3,6-7,10,12,16H,4-5,8-9H2,1H3,(H,17,18). The minimum absolute atomic E-state index is 0.200. The highest BCUT2D eigenvalue weighted by Gasteiger charge is 2.22. The fourth-order valence-corrected chi connectivity index (χ4v) is 3.38. The largest absolute Gasteiger partial charge is 0.478 e. The Balaban J connectivity index is 2.15. The number of benzene rings is 1. The monoisotopic (exact) mass is 309 g/mol. The maximum atomic E-state index is 12.3. The van der Waals surface area contributed by atoms with E-state index in [4.69, 9.17) is 5.11 Å². The summed E-state index contributed by atoms with van der Waals surface area (Å²) in [5.41, 5.74) is 1.19. The summed E-state index contributed by atoms with van der Waals surface area (Å²) in [6.07, 6.45) is 5.62. The van der Waals surface area contributed by atoms with E-state index in [2.05, 4.69) is 4.72 Å². The average molecular weight is 309 g/mol. The minimum atomic E-state index is -3.55. The molecule has 114 valence electrons. The maximum Gasteiger partial charge on any atom is 0.328 e. The molecule has 0 heterocycles. The molecule has 0 unspecified atom stereocenters. The number of carboxylic acid groups (broad SMARTS) is 1. The van der Waals surface area contributed by atoms with Gasteiger partial charge in [0.25, 0.3) is 0 Å². The third-order valence-electron chi connectivity index (χ3n) is 3.46. The summed E-state index contributed by atoms with van der Waals surface area (Å²) < 4.78 is 27.2. The van der Waals surface area contributed by atoms with Gasteiger partial charge >= 0.3 is 5.97 Å². The molecule has 0 amide bonds. The summed E-state index contributed by atoms with van der Waals surface area (Å²) in [7, 11) is -3.55. The van der Waals surface area contributed by atoms with Crippen molar-refractivity contribution in [2.75, 3.05) is 6.54 Å². The molecule has 1 aromatic carbocycles. The number of carboxylic acids is 1. The molecule has 2 N–H and O–H groups in total. The summed E-state index contributed by atoms with van der Waals surface area (Å²) in [4.78, 5) is 10.7. The normalized spacial score (nSPS) is 15.5. The lowest BCUT2D eigenvalue weighted by molar-refractivity contribution is -0.131. The number of rotatable bonds is 7. The van der Waals surface area contributed by atoms with Crippen LogP contribution in [0.1, 0.15) is 30.4 Å². The van der Waals surface area contributed by atoms with Crippen LogP contribution < -0.4 is 4.72 Å². The molecule has 2 rings (SSSR count). The van der Waals surface area contributed by atoms with E-state index in [1.54, 1.807) is 19.1 Å². The van der Waals surface area contributed by atoms with E-state index in [1.165, 1.54) is 25.0 Å². The van der Waals surface area contributed by atoms with Crippen LogP contribution in [0.4, 0.5) is 0 Å². The Morgan fingerprint density at radius 3 is 2.76 bits per heavy atom. The number of carbonyl (C=O) groups is 1. The molecule has 0 aliphatic heterocycles. The van der Waals surface area contributed by atoms with Crippen LogP contribution in [-0.4, -0.2) is 26.0 Å². The molecule has 1 aliphatic rings. The number of aliphatic carboxylic acids is 1. The third kappa shape index (κ3) is 4.68. The molecule has 1 aliphatic carbocycles. The zero-order chi connectivity index (χ0) is 15.5. The lowest BCUT2D eigenvalue weighted by atomic mass is 10.1. The highest BCUT2D eigenvalue weighted by molar-refractivity contribution is 7.89. The Hall–Kier alpha value is -1.66. The quantitative estimate of drug-likeness (QED) is 0.756. The van der Waals surface area contributed by atoms with Gasteiger partial charge in [0.05, 0.1) is 4.90 Å². The molecule has 1 aromatic rings. The van der Waals surface area contributed by atoms with E-state index in [0.29, 0.717) is 23.6 Å². The van der Waals surface area contributed by atoms with Crippen molar-refractivity contribution in [3.63, 3.8) is 0 Å². The number of nitrogens with one attached hydrogen (secondary N) is 1. The number of aryl methyl sites for hydroxylation is 1. The molecule has 0 atom stereocenters. The van der Waals surface area contributed by atoms with Crippen molar-refractivity contribution in [1.29, 1.82) is 0 Å². The van der Waals surface area contributed by atoms with Crippen LogP contribution >= 0.6 is 0 Å². The first-order chi connectivity index (χ1) is 9.88. The van der Waals surface area contributed by atoms with Gasteiger partial charge < -0.3 is 5.11 Å². The van der Waals surface area contributed by atoms with E-state index in [1.807, 2.05) is 0 Å². The summed E-state index contributed by atoms with van der Waals surface area (Å²) in [5.74, 6) is -0.402. The van der Waals surface area contributed by atoms with Crippen LogP contribution in [-0.2, 0) is 14.8 Å². The Morgan fingerprint density at radius 1 is 1.43 bits per heavy atom. The fraction of sp³-hybridized carbons (Fsp3) is 0.400. The van der Waals surface area contributed by atoms with Gasteiger partial charge in [0.1, 0.15) is 0 Å². The van der Waals surface area contributed by atoms with E-state index in [0.717, 1.165) is 12.5 Å². The average Bonchev–Trinajstić information content (AvgIpc) is 3.21. The molecule has 5 nitrogen and oxygen atoms in total. The summed E-state index contributed by atoms with van der Waals surface area (Å²) >= 11 is 0. The highest BCUT2D eigenvalue weighted by atomic mass is 32.2. The molecule has 0 saturated heterocycles. The topological polar surface area (TPSA) is 83.5 Å². The molecular formula is C15H19NO4S. The Morgan fingerprint density at radius 2 is 2.14 bits per heavy atom. The van der Waals surface area contributed by atoms with Crippen molar-refractivity contribution in [1.82, 2.24) is 4.72 Å². The van der Waals surface area contributed by atoms with Crippen molar-refractivity contribution in [2.45, 2.75) is 31.1 Å². The van der Waals surface area contributed by atoms with Crippen LogP contribution in [0.15, 0.2) is 29.2 Å². The van der Waals surface area contributed by atoms with Gasteiger partial charge in [-0.2, -0.15) is 0 Å². The third-order valence-corrected chi connectivity index (χ3v) is 5.06. The van der Waals surface area contributed by atoms with E-state index in [-0.39, 0.29) is 4.90 Å². The zero-order valence-corrected chi connectivity index (χ0v) is 12.7. The van der Waals surface area contributed by atoms with Crippen LogP contribution in [0.25, 0.3) is 6.08 Å². The van der Waals surface area contributed by atoms with Gasteiger partial charge in [-0.3, -0.25) is 0 Å². The van der Waals surface area contributed by atoms with Crippen LogP contribution in [0.5, 0.6) is 0 Å². The number of sulfonamides is 1. The Labute approximate surface area is 124 Å². The molecule has 0 aromatic heterocycles. The predicted octanol–water partition coefficient (Wildman–Crippen LogP) is 2.17. The van der Waals surface area contributed by atoms with Crippen LogP contribution in [0.3, 0.4) is 0 Å². The maximum absolute atomic E-state index is 12.3. The first-order valence-electron chi connectivity index (χ1n) is 6.90. The second-order valence-corrected chi connectivity index (χ2v) is 7.06. The molecule has 0 radical (unpaired) electrons. The first kappa shape index (κ1) is 15.7. The second-order valence-electron chi connectivity index (χ2n) is 5.33. The molecule has 1 saturated carbocycles. The number of hydrogen-bond donors (Lipinski definition) is 2. The van der Waals surface area contributed by atoms with Gasteiger partial charge in [-0.25, -0.2) is 17.9 Å². The van der Waals surface area contributed by atoms with Crippen LogP contribution in [0.2, 0.25) is 0 Å². The Kier molecular flexibility index (Phi) is 4.80. The summed E-state index contributed by atoms with van der Waals surface area (Å²) in [5, 5.41) is 8.62. The smallest absolute Gasteiger partial charge is 0.328 e. The minimum Gasteiger partial charge on any atom is -0.478 e. The molecule has 1 fully saturated rings. The summed E-state index contributed by atoms with van der Waals surface area (Å²) in [6.45, 7) is 2.17. The van der Waals surface area contributed by atoms with Gasteiger partial charge in [-0.15, -0.1) is 0 Å². The van der Waals surface area contributed by atoms with Crippen molar-refractivity contribution in [3.05, 3.63) is 35.4 Å². The SMILES string of the molecule is Cc1ccc(C=CC(=O)O)cc1S(=O)(=O)NCCC1CC1. The predicted molar refractivity (Wildman–Crippen MR) is 80.4 cm³/mol. The van der Waals surface area contributed by atoms with E-state index < -0.39 is 16.0 Å². The van der Waals surface area contributed by atoms with Crippen molar-refractivity contribution < 1.29 is 18.3 Å². The highest BCUT2D eigenvalue weighted by Crippen LogP contribution is 2.31. The molecule has 0 bridgehead atoms. The lowest BCUT2D eigenvalue weighted by Crippen LogP contribution is -2.25. The summed E-state index contributed by atoms with van der Waals surface area (Å²) in [6, 6.07) is 4.86. The van der Waals surface area contributed by atoms with E-state index in [9.17, 15) is 13.2 Å². The van der Waals surface area contributed by atoms with Gasteiger partial charge in [0, 0.05) is 12.6 Å². The van der Waals surface area contributed by atoms with E-state index >= 15 is 0 Å². The van der Waals surface area contributed by atoms with Crippen molar-refractivity contribution >= 4 is 22.1 Å². The lowest BCUT2D eigenvalue weighted by Gasteiger charge is -2.10. The fourth-order valence-electron chi connectivity index (χ4n) is 2.06. The van der Waals surface area contributed by atoms with Gasteiger partial charge in [0.2, 0.25) is 10.0 Å². The zero-order valence-electron chi connectivity index (χ0n) is 11.9. The van der Waals surface area contributed by atoms with Crippen molar-refractivity contribution in [3.8, 4) is 0 Å². The molecule has 6 heteroatoms. The molecule has 0 spiro atoms. The molecule has 21 heavy (non-hydrogen) atoms. The van der Waals surface area contributed by atoms with Gasteiger partial charge in [0.15, 0.2) is 0 Å². The number of hydrogen-bond acceptors (Lipinski definition) is 3. The van der Waals surface area contributed by atoms with Gasteiger partial charge in [-0.1, -0.05) is 25.0 Å². The molecular weight excluding hydrogens is 290 g/mol. The van der Waals surface area contributed by atoms with Crippen molar-refractivity contribution in [2.24, 2.45) is 5.92 Å². The second kappa shape index (κ2) is 6.41. The Bertz CT molecular complexity index is 660. The van der Waals surface area contributed by atoms with Gasteiger partial charge in [-0.05, 0) is 42.5 Å². The first-order valence-corrected chi connectivity index (χ1v) is 8.38.